The predicted molar refractivity (Wildman–Crippen MR) is 127 cm³/mol. The van der Waals surface area contributed by atoms with Gasteiger partial charge in [-0.2, -0.15) is 0 Å². The molecule has 1 saturated heterocycles. The minimum atomic E-state index is 0.862. The van der Waals surface area contributed by atoms with Gasteiger partial charge in [-0.3, -0.25) is 9.89 Å². The number of rotatable bonds is 9. The third-order valence-electron chi connectivity index (χ3n) is 5.78. The summed E-state index contributed by atoms with van der Waals surface area (Å²) in [5.41, 5.74) is 2.64. The second-order valence-electron chi connectivity index (χ2n) is 8.07. The van der Waals surface area contributed by atoms with E-state index in [0.29, 0.717) is 0 Å². The highest BCUT2D eigenvalue weighted by Gasteiger charge is 2.16. The Morgan fingerprint density at radius 2 is 1.80 bits per heavy atom. The molecule has 1 aromatic heterocycles. The van der Waals surface area contributed by atoms with Gasteiger partial charge >= 0.3 is 0 Å². The van der Waals surface area contributed by atoms with Gasteiger partial charge in [-0.05, 0) is 50.6 Å². The fraction of sp³-hybridized carbons (Fsp3) is 0.542. The SMILES string of the molecule is CCNC(=NCCCCN1CCN(c2ccccc2)CC1)N(C)Cc1cccn1C. The standard InChI is InChI=1S/C24H38N6/c1-4-25-24(28(3)21-23-13-10-15-27(23)2)26-14-8-9-16-29-17-19-30(20-18-29)22-11-6-5-7-12-22/h5-7,10-13,15H,4,8-9,14,16-21H2,1-3H3,(H,25,26). The predicted octanol–water partition coefficient (Wildman–Crippen LogP) is 3.02. The highest BCUT2D eigenvalue weighted by molar-refractivity contribution is 5.79. The lowest BCUT2D eigenvalue weighted by molar-refractivity contribution is 0.253. The van der Waals surface area contributed by atoms with Gasteiger partial charge in [-0.25, -0.2) is 0 Å². The second kappa shape index (κ2) is 11.6. The van der Waals surface area contributed by atoms with Crippen molar-refractivity contribution in [3.05, 3.63) is 54.4 Å². The summed E-state index contributed by atoms with van der Waals surface area (Å²) >= 11 is 0. The molecule has 0 radical (unpaired) electrons. The average molecular weight is 411 g/mol. The van der Waals surface area contributed by atoms with Crippen molar-refractivity contribution >= 4 is 11.6 Å². The van der Waals surface area contributed by atoms with E-state index < -0.39 is 0 Å². The van der Waals surface area contributed by atoms with Crippen molar-refractivity contribution in [1.82, 2.24) is 19.7 Å². The van der Waals surface area contributed by atoms with E-state index in [4.69, 9.17) is 4.99 Å². The lowest BCUT2D eigenvalue weighted by Crippen LogP contribution is -2.46. The molecule has 0 aliphatic carbocycles. The van der Waals surface area contributed by atoms with Crippen LogP contribution in [0, 0.1) is 0 Å². The summed E-state index contributed by atoms with van der Waals surface area (Å²) in [4.78, 5) is 12.1. The Labute approximate surface area is 182 Å². The van der Waals surface area contributed by atoms with E-state index in [9.17, 15) is 0 Å². The maximum atomic E-state index is 4.85. The molecule has 30 heavy (non-hydrogen) atoms. The van der Waals surface area contributed by atoms with Crippen LogP contribution in [0.3, 0.4) is 0 Å². The number of anilines is 1. The topological polar surface area (TPSA) is 39.0 Å². The average Bonchev–Trinajstić information content (AvgIpc) is 3.18. The summed E-state index contributed by atoms with van der Waals surface area (Å²) in [6.45, 7) is 10.5. The molecule has 1 aliphatic rings. The summed E-state index contributed by atoms with van der Waals surface area (Å²) in [5.74, 6) is 0.996. The Balaban J connectivity index is 1.36. The van der Waals surface area contributed by atoms with E-state index >= 15 is 0 Å². The molecule has 164 valence electrons. The number of aromatic nitrogens is 1. The van der Waals surface area contributed by atoms with Crippen molar-refractivity contribution in [2.24, 2.45) is 12.0 Å². The maximum absolute atomic E-state index is 4.85. The Morgan fingerprint density at radius 3 is 2.47 bits per heavy atom. The normalized spacial score (nSPS) is 15.4. The Morgan fingerprint density at radius 1 is 1.03 bits per heavy atom. The fourth-order valence-corrected chi connectivity index (χ4v) is 3.95. The van der Waals surface area contributed by atoms with Gasteiger partial charge in [0.25, 0.3) is 0 Å². The molecular formula is C24H38N6. The number of para-hydroxylation sites is 1. The number of nitrogens with zero attached hydrogens (tertiary/aromatic N) is 5. The van der Waals surface area contributed by atoms with Crippen LogP contribution in [-0.2, 0) is 13.6 Å². The summed E-state index contributed by atoms with van der Waals surface area (Å²) in [7, 11) is 4.20. The number of benzene rings is 1. The maximum Gasteiger partial charge on any atom is 0.194 e. The number of aliphatic imine (C=N–C) groups is 1. The monoisotopic (exact) mass is 410 g/mol. The number of unbranched alkanes of at least 4 members (excludes halogenated alkanes) is 1. The minimum absolute atomic E-state index is 0.862. The van der Waals surface area contributed by atoms with E-state index in [-0.39, 0.29) is 0 Å². The summed E-state index contributed by atoms with van der Waals surface area (Å²) < 4.78 is 2.16. The third kappa shape index (κ3) is 6.52. The number of aryl methyl sites for hydroxylation is 1. The Bertz CT molecular complexity index is 761. The molecule has 0 unspecified atom stereocenters. The number of hydrogen-bond donors (Lipinski definition) is 1. The van der Waals surface area contributed by atoms with Crippen molar-refractivity contribution in [3.63, 3.8) is 0 Å². The zero-order valence-corrected chi connectivity index (χ0v) is 18.9. The molecule has 1 aliphatic heterocycles. The minimum Gasteiger partial charge on any atom is -0.369 e. The Kier molecular flexibility index (Phi) is 8.63. The quantitative estimate of drug-likeness (QED) is 0.392. The molecule has 1 N–H and O–H groups in total. The van der Waals surface area contributed by atoms with E-state index in [0.717, 1.165) is 58.2 Å². The van der Waals surface area contributed by atoms with Crippen LogP contribution in [0.1, 0.15) is 25.5 Å². The summed E-state index contributed by atoms with van der Waals surface area (Å²) in [5, 5.41) is 3.43. The van der Waals surface area contributed by atoms with Gasteiger partial charge in [0.15, 0.2) is 5.96 Å². The summed E-state index contributed by atoms with van der Waals surface area (Å²) in [6.07, 6.45) is 4.43. The molecule has 0 spiro atoms. The van der Waals surface area contributed by atoms with Crippen molar-refractivity contribution in [1.29, 1.82) is 0 Å². The molecule has 0 amide bonds. The van der Waals surface area contributed by atoms with E-state index in [1.807, 2.05) is 0 Å². The van der Waals surface area contributed by atoms with Crippen molar-refractivity contribution < 1.29 is 0 Å². The molecule has 6 nitrogen and oxygen atoms in total. The molecule has 0 saturated carbocycles. The van der Waals surface area contributed by atoms with Crippen LogP contribution < -0.4 is 10.2 Å². The number of hydrogen-bond acceptors (Lipinski definition) is 3. The van der Waals surface area contributed by atoms with Crippen molar-refractivity contribution in [3.8, 4) is 0 Å². The largest absolute Gasteiger partial charge is 0.369 e. The smallest absolute Gasteiger partial charge is 0.194 e. The fourth-order valence-electron chi connectivity index (χ4n) is 3.95. The molecule has 0 bridgehead atoms. The number of nitrogens with one attached hydrogen (secondary N) is 1. The lowest BCUT2D eigenvalue weighted by Gasteiger charge is -2.36. The van der Waals surface area contributed by atoms with Crippen LogP contribution in [0.5, 0.6) is 0 Å². The number of piperazine rings is 1. The van der Waals surface area contributed by atoms with Crippen LogP contribution >= 0.6 is 0 Å². The van der Waals surface area contributed by atoms with Crippen molar-refractivity contribution in [2.75, 3.05) is 57.8 Å². The van der Waals surface area contributed by atoms with Crippen LogP contribution in [0.2, 0.25) is 0 Å². The molecule has 0 atom stereocenters. The van der Waals surface area contributed by atoms with Gasteiger partial charge in [0, 0.05) is 70.9 Å². The van der Waals surface area contributed by atoms with E-state index in [1.54, 1.807) is 0 Å². The molecule has 2 heterocycles. The van der Waals surface area contributed by atoms with Crippen LogP contribution in [0.25, 0.3) is 0 Å². The van der Waals surface area contributed by atoms with Crippen LogP contribution in [0.4, 0.5) is 5.69 Å². The lowest BCUT2D eigenvalue weighted by atomic mass is 10.2. The zero-order chi connectivity index (χ0) is 21.2. The molecule has 2 aromatic rings. The molecule has 1 fully saturated rings. The Hall–Kier alpha value is -2.47. The molecule has 3 rings (SSSR count). The van der Waals surface area contributed by atoms with Gasteiger partial charge in [0.05, 0.1) is 6.54 Å². The molecular weight excluding hydrogens is 372 g/mol. The summed E-state index contributed by atoms with van der Waals surface area (Å²) in [6, 6.07) is 15.0. The molecule has 1 aromatic carbocycles. The van der Waals surface area contributed by atoms with Gasteiger partial charge in [0.2, 0.25) is 0 Å². The van der Waals surface area contributed by atoms with Gasteiger partial charge < -0.3 is 19.7 Å². The van der Waals surface area contributed by atoms with Crippen molar-refractivity contribution in [2.45, 2.75) is 26.3 Å². The number of guanidine groups is 1. The second-order valence-corrected chi connectivity index (χ2v) is 8.07. The molecule has 6 heteroatoms. The third-order valence-corrected chi connectivity index (χ3v) is 5.78. The first-order valence-electron chi connectivity index (χ1n) is 11.3. The van der Waals surface area contributed by atoms with Crippen LogP contribution in [-0.4, -0.2) is 73.2 Å². The van der Waals surface area contributed by atoms with E-state index in [2.05, 4.69) is 94.3 Å². The van der Waals surface area contributed by atoms with E-state index in [1.165, 1.54) is 24.3 Å². The first kappa shape index (κ1) is 22.2. The van der Waals surface area contributed by atoms with Crippen LogP contribution in [0.15, 0.2) is 53.7 Å². The highest BCUT2D eigenvalue weighted by atomic mass is 15.3. The van der Waals surface area contributed by atoms with Gasteiger partial charge in [-0.1, -0.05) is 18.2 Å². The highest BCUT2D eigenvalue weighted by Crippen LogP contribution is 2.15. The van der Waals surface area contributed by atoms with Gasteiger partial charge in [-0.15, -0.1) is 0 Å². The first-order chi connectivity index (χ1) is 14.7. The zero-order valence-electron chi connectivity index (χ0n) is 18.9. The first-order valence-corrected chi connectivity index (χ1v) is 11.3. The van der Waals surface area contributed by atoms with Gasteiger partial charge in [0.1, 0.15) is 0 Å².